The standard InChI is InChI=1S/C15H25N3O2/c1-11(2)10-20-9-8-16-15(19)7-6-14-12(3)17-18(5)13(14)4/h1,6-10H2,2-5H3,(H,16,19). The van der Waals surface area contributed by atoms with Crippen LogP contribution in [0.25, 0.3) is 0 Å². The van der Waals surface area contributed by atoms with E-state index in [-0.39, 0.29) is 5.91 Å². The van der Waals surface area contributed by atoms with Crippen molar-refractivity contribution in [3.63, 3.8) is 0 Å². The molecule has 5 nitrogen and oxygen atoms in total. The van der Waals surface area contributed by atoms with Gasteiger partial charge in [-0.2, -0.15) is 5.10 Å². The fraction of sp³-hybridized carbons (Fsp3) is 0.600. The average molecular weight is 279 g/mol. The van der Waals surface area contributed by atoms with Crippen molar-refractivity contribution in [1.82, 2.24) is 15.1 Å². The van der Waals surface area contributed by atoms with Gasteiger partial charge >= 0.3 is 0 Å². The molecule has 0 bridgehead atoms. The first-order valence-electron chi connectivity index (χ1n) is 6.89. The third-order valence-electron chi connectivity index (χ3n) is 3.18. The van der Waals surface area contributed by atoms with Crippen LogP contribution in [-0.2, 0) is 23.0 Å². The van der Waals surface area contributed by atoms with E-state index in [1.807, 2.05) is 32.5 Å². The molecule has 1 amide bonds. The Bertz CT molecular complexity index is 478. The fourth-order valence-corrected chi connectivity index (χ4v) is 2.02. The summed E-state index contributed by atoms with van der Waals surface area (Å²) in [5, 5.41) is 7.20. The second-order valence-electron chi connectivity index (χ2n) is 5.13. The smallest absolute Gasteiger partial charge is 0.220 e. The minimum atomic E-state index is 0.0478. The summed E-state index contributed by atoms with van der Waals surface area (Å²) in [6.07, 6.45) is 1.21. The highest BCUT2D eigenvalue weighted by Crippen LogP contribution is 2.13. The van der Waals surface area contributed by atoms with E-state index in [1.54, 1.807) is 0 Å². The molecule has 0 saturated heterocycles. The Morgan fingerprint density at radius 1 is 1.45 bits per heavy atom. The summed E-state index contributed by atoms with van der Waals surface area (Å²) in [6, 6.07) is 0. The Morgan fingerprint density at radius 3 is 2.70 bits per heavy atom. The number of rotatable bonds is 8. The summed E-state index contributed by atoms with van der Waals surface area (Å²) in [6.45, 7) is 11.3. The first-order chi connectivity index (χ1) is 9.41. The molecule has 0 radical (unpaired) electrons. The Labute approximate surface area is 121 Å². The molecule has 0 aromatic carbocycles. The molecule has 0 aliphatic carbocycles. The number of carbonyl (C=O) groups excluding carboxylic acids is 1. The van der Waals surface area contributed by atoms with Crippen molar-refractivity contribution in [3.8, 4) is 0 Å². The first kappa shape index (κ1) is 16.4. The SMILES string of the molecule is C=C(C)COCCNC(=O)CCc1c(C)nn(C)c1C. The molecular weight excluding hydrogens is 254 g/mol. The quantitative estimate of drug-likeness (QED) is 0.582. The highest BCUT2D eigenvalue weighted by molar-refractivity contribution is 5.76. The van der Waals surface area contributed by atoms with E-state index in [4.69, 9.17) is 4.74 Å². The predicted molar refractivity (Wildman–Crippen MR) is 79.6 cm³/mol. The molecule has 5 heteroatoms. The molecule has 1 N–H and O–H groups in total. The van der Waals surface area contributed by atoms with Gasteiger partial charge in [-0.25, -0.2) is 0 Å². The largest absolute Gasteiger partial charge is 0.375 e. The van der Waals surface area contributed by atoms with Crippen LogP contribution in [0, 0.1) is 13.8 Å². The second kappa shape index (κ2) is 7.85. The van der Waals surface area contributed by atoms with Crippen molar-refractivity contribution in [3.05, 3.63) is 29.1 Å². The number of hydrogen-bond donors (Lipinski definition) is 1. The lowest BCUT2D eigenvalue weighted by Crippen LogP contribution is -2.27. The van der Waals surface area contributed by atoms with E-state index in [0.29, 0.717) is 26.2 Å². The lowest BCUT2D eigenvalue weighted by Gasteiger charge is -2.06. The van der Waals surface area contributed by atoms with Crippen LogP contribution < -0.4 is 5.32 Å². The van der Waals surface area contributed by atoms with Crippen LogP contribution in [0.15, 0.2) is 12.2 Å². The summed E-state index contributed by atoms with van der Waals surface area (Å²) in [5.74, 6) is 0.0478. The van der Waals surface area contributed by atoms with E-state index in [1.165, 1.54) is 5.56 Å². The van der Waals surface area contributed by atoms with Crippen LogP contribution in [0.1, 0.15) is 30.3 Å². The van der Waals surface area contributed by atoms with Crippen LogP contribution in [-0.4, -0.2) is 35.4 Å². The highest BCUT2D eigenvalue weighted by Gasteiger charge is 2.10. The van der Waals surface area contributed by atoms with E-state index in [2.05, 4.69) is 17.0 Å². The third kappa shape index (κ3) is 5.17. The minimum Gasteiger partial charge on any atom is -0.375 e. The van der Waals surface area contributed by atoms with Crippen molar-refractivity contribution in [2.24, 2.45) is 7.05 Å². The minimum absolute atomic E-state index is 0.0478. The summed E-state index contributed by atoms with van der Waals surface area (Å²) in [5.41, 5.74) is 4.28. The highest BCUT2D eigenvalue weighted by atomic mass is 16.5. The molecule has 0 aliphatic rings. The van der Waals surface area contributed by atoms with Crippen LogP contribution in [0.4, 0.5) is 0 Å². The average Bonchev–Trinajstić information content (AvgIpc) is 2.60. The molecule has 0 spiro atoms. The number of aryl methyl sites for hydroxylation is 2. The summed E-state index contributed by atoms with van der Waals surface area (Å²) in [4.78, 5) is 11.7. The maximum Gasteiger partial charge on any atom is 0.220 e. The zero-order valence-electron chi connectivity index (χ0n) is 13.0. The monoisotopic (exact) mass is 279 g/mol. The van der Waals surface area contributed by atoms with Gasteiger partial charge in [0, 0.05) is 25.7 Å². The van der Waals surface area contributed by atoms with Gasteiger partial charge in [0.15, 0.2) is 0 Å². The lowest BCUT2D eigenvalue weighted by molar-refractivity contribution is -0.121. The predicted octanol–water partition coefficient (Wildman–Crippen LogP) is 1.68. The number of hydrogen-bond acceptors (Lipinski definition) is 3. The van der Waals surface area contributed by atoms with Crippen molar-refractivity contribution in [2.45, 2.75) is 33.6 Å². The topological polar surface area (TPSA) is 56.1 Å². The van der Waals surface area contributed by atoms with Gasteiger partial charge in [0.25, 0.3) is 0 Å². The lowest BCUT2D eigenvalue weighted by atomic mass is 10.1. The molecule has 0 aliphatic heterocycles. The third-order valence-corrected chi connectivity index (χ3v) is 3.18. The van der Waals surface area contributed by atoms with Gasteiger partial charge in [-0.3, -0.25) is 9.48 Å². The van der Waals surface area contributed by atoms with Gasteiger partial charge in [-0.1, -0.05) is 12.2 Å². The Morgan fingerprint density at radius 2 is 2.15 bits per heavy atom. The zero-order valence-corrected chi connectivity index (χ0v) is 13.0. The molecule has 1 aromatic rings. The van der Waals surface area contributed by atoms with Gasteiger partial charge in [0.1, 0.15) is 0 Å². The van der Waals surface area contributed by atoms with Gasteiger partial charge in [0.05, 0.1) is 18.9 Å². The van der Waals surface area contributed by atoms with Gasteiger partial charge in [-0.15, -0.1) is 0 Å². The molecule has 0 atom stereocenters. The number of nitrogens with one attached hydrogen (secondary N) is 1. The van der Waals surface area contributed by atoms with Crippen LogP contribution in [0.3, 0.4) is 0 Å². The molecule has 0 unspecified atom stereocenters. The van der Waals surface area contributed by atoms with E-state index >= 15 is 0 Å². The molecule has 20 heavy (non-hydrogen) atoms. The van der Waals surface area contributed by atoms with Crippen LogP contribution in [0.2, 0.25) is 0 Å². The summed E-state index contributed by atoms with van der Waals surface area (Å²) < 4.78 is 7.18. The Balaban J connectivity index is 2.25. The molecule has 0 saturated carbocycles. The Hall–Kier alpha value is -1.62. The Kier molecular flexibility index (Phi) is 6.45. The number of carbonyl (C=O) groups is 1. The normalized spacial score (nSPS) is 10.6. The molecule has 1 rings (SSSR count). The van der Waals surface area contributed by atoms with E-state index in [9.17, 15) is 4.79 Å². The van der Waals surface area contributed by atoms with E-state index in [0.717, 1.165) is 23.4 Å². The second-order valence-corrected chi connectivity index (χ2v) is 5.13. The van der Waals surface area contributed by atoms with Crippen molar-refractivity contribution < 1.29 is 9.53 Å². The van der Waals surface area contributed by atoms with Gasteiger partial charge in [-0.05, 0) is 32.8 Å². The summed E-state index contributed by atoms with van der Waals surface area (Å²) in [7, 11) is 1.92. The molecule has 1 heterocycles. The van der Waals surface area contributed by atoms with Gasteiger partial charge < -0.3 is 10.1 Å². The van der Waals surface area contributed by atoms with E-state index < -0.39 is 0 Å². The van der Waals surface area contributed by atoms with Crippen molar-refractivity contribution >= 4 is 5.91 Å². The van der Waals surface area contributed by atoms with Crippen molar-refractivity contribution in [2.75, 3.05) is 19.8 Å². The summed E-state index contributed by atoms with van der Waals surface area (Å²) >= 11 is 0. The number of aromatic nitrogens is 2. The molecule has 0 fully saturated rings. The molecule has 112 valence electrons. The number of ether oxygens (including phenoxy) is 1. The van der Waals surface area contributed by atoms with Crippen LogP contribution in [0.5, 0.6) is 0 Å². The maximum atomic E-state index is 11.7. The van der Waals surface area contributed by atoms with Crippen LogP contribution >= 0.6 is 0 Å². The first-order valence-corrected chi connectivity index (χ1v) is 6.89. The van der Waals surface area contributed by atoms with Gasteiger partial charge in [0.2, 0.25) is 5.91 Å². The zero-order chi connectivity index (χ0) is 15.1. The number of amides is 1. The number of nitrogens with zero attached hydrogens (tertiary/aromatic N) is 2. The fourth-order valence-electron chi connectivity index (χ4n) is 2.02. The molecule has 1 aromatic heterocycles. The maximum absolute atomic E-state index is 11.7. The molecular formula is C15H25N3O2. The van der Waals surface area contributed by atoms with Crippen molar-refractivity contribution in [1.29, 1.82) is 0 Å².